The summed E-state index contributed by atoms with van der Waals surface area (Å²) in [6.07, 6.45) is 1.16. The average molecular weight is 256 g/mol. The van der Waals surface area contributed by atoms with Gasteiger partial charge in [-0.05, 0) is 6.07 Å². The molecule has 0 radical (unpaired) electrons. The summed E-state index contributed by atoms with van der Waals surface area (Å²) in [5.74, 6) is 0.817. The van der Waals surface area contributed by atoms with Crippen LogP contribution in [0.2, 0.25) is 0 Å². The first kappa shape index (κ1) is 12.3. The number of hydrogen-bond acceptors (Lipinski definition) is 4. The lowest BCUT2D eigenvalue weighted by Gasteiger charge is -2.17. The molecule has 2 rings (SSSR count). The molecule has 0 aromatic heterocycles. The number of ether oxygens (including phenoxy) is 1. The van der Waals surface area contributed by atoms with Crippen molar-refractivity contribution >= 4 is 10.0 Å². The predicted octanol–water partition coefficient (Wildman–Crippen LogP) is 0.259. The summed E-state index contributed by atoms with van der Waals surface area (Å²) in [4.78, 5) is 0. The molecule has 1 aliphatic rings. The zero-order chi connectivity index (χ0) is 12.3. The summed E-state index contributed by atoms with van der Waals surface area (Å²) in [7, 11) is -3.17. The molecule has 1 unspecified atom stereocenters. The van der Waals surface area contributed by atoms with E-state index in [0.717, 1.165) is 17.6 Å². The third-order valence-corrected chi connectivity index (χ3v) is 3.29. The fourth-order valence-electron chi connectivity index (χ4n) is 1.82. The van der Waals surface area contributed by atoms with Gasteiger partial charge in [-0.2, -0.15) is 0 Å². The maximum absolute atomic E-state index is 11.1. The Morgan fingerprint density at radius 1 is 1.47 bits per heavy atom. The molecule has 0 saturated heterocycles. The van der Waals surface area contributed by atoms with Gasteiger partial charge in [0.05, 0.1) is 6.26 Å². The van der Waals surface area contributed by atoms with Gasteiger partial charge in [0.15, 0.2) is 0 Å². The molecule has 0 bridgehead atoms. The Morgan fingerprint density at radius 3 is 3.00 bits per heavy atom. The van der Waals surface area contributed by atoms with Crippen molar-refractivity contribution in [2.45, 2.75) is 6.04 Å². The van der Waals surface area contributed by atoms with Crippen LogP contribution in [0.3, 0.4) is 0 Å². The van der Waals surface area contributed by atoms with Crippen LogP contribution in [0.4, 0.5) is 0 Å². The molecular weight excluding hydrogens is 240 g/mol. The maximum Gasteiger partial charge on any atom is 0.208 e. The number of nitrogens with one attached hydrogen (secondary N) is 2. The first-order valence-electron chi connectivity index (χ1n) is 5.46. The highest BCUT2D eigenvalue weighted by Crippen LogP contribution is 2.26. The second-order valence-electron chi connectivity index (χ2n) is 4.01. The van der Waals surface area contributed by atoms with Crippen LogP contribution in [0.1, 0.15) is 11.6 Å². The molecule has 0 amide bonds. The average Bonchev–Trinajstić information content (AvgIpc) is 2.47. The van der Waals surface area contributed by atoms with Crippen LogP contribution in [-0.4, -0.2) is 34.4 Å². The lowest BCUT2D eigenvalue weighted by atomic mass is 10.1. The second kappa shape index (κ2) is 5.03. The van der Waals surface area contributed by atoms with E-state index >= 15 is 0 Å². The Bertz CT molecular complexity index is 487. The van der Waals surface area contributed by atoms with Gasteiger partial charge in [-0.15, -0.1) is 0 Å². The molecule has 1 atom stereocenters. The molecule has 94 valence electrons. The van der Waals surface area contributed by atoms with Gasteiger partial charge in [-0.1, -0.05) is 18.2 Å². The Balaban J connectivity index is 2.17. The predicted molar refractivity (Wildman–Crippen MR) is 65.5 cm³/mol. The van der Waals surface area contributed by atoms with E-state index in [1.165, 1.54) is 0 Å². The van der Waals surface area contributed by atoms with Crippen molar-refractivity contribution in [1.82, 2.24) is 10.0 Å². The van der Waals surface area contributed by atoms with Gasteiger partial charge in [0, 0.05) is 24.7 Å². The molecular formula is C11H16N2O3S. The van der Waals surface area contributed by atoms with Gasteiger partial charge in [-0.3, -0.25) is 0 Å². The molecule has 0 fully saturated rings. The number of rotatable bonds is 3. The van der Waals surface area contributed by atoms with Gasteiger partial charge in [0.25, 0.3) is 0 Å². The third-order valence-electron chi connectivity index (χ3n) is 2.59. The largest absolute Gasteiger partial charge is 0.492 e. The van der Waals surface area contributed by atoms with Crippen LogP contribution < -0.4 is 14.8 Å². The van der Waals surface area contributed by atoms with Crippen LogP contribution in [0, 0.1) is 0 Å². The molecule has 1 heterocycles. The molecule has 1 aromatic rings. The van der Waals surface area contributed by atoms with E-state index in [1.54, 1.807) is 0 Å². The monoisotopic (exact) mass is 256 g/mol. The number of benzene rings is 1. The van der Waals surface area contributed by atoms with E-state index < -0.39 is 10.0 Å². The first-order chi connectivity index (χ1) is 8.06. The smallest absolute Gasteiger partial charge is 0.208 e. The van der Waals surface area contributed by atoms with Crippen molar-refractivity contribution in [2.75, 3.05) is 26.0 Å². The number of hydrogen-bond donors (Lipinski definition) is 2. The lowest BCUT2D eigenvalue weighted by molar-refractivity contribution is 0.324. The van der Waals surface area contributed by atoms with Crippen molar-refractivity contribution in [2.24, 2.45) is 0 Å². The SMILES string of the molecule is CS(=O)(=O)NCC1NCCOc2ccccc21. The maximum atomic E-state index is 11.1. The molecule has 17 heavy (non-hydrogen) atoms. The zero-order valence-electron chi connectivity index (χ0n) is 9.64. The highest BCUT2D eigenvalue weighted by Gasteiger charge is 2.19. The van der Waals surface area contributed by atoms with Crippen molar-refractivity contribution in [3.05, 3.63) is 29.8 Å². The van der Waals surface area contributed by atoms with Gasteiger partial charge in [0.2, 0.25) is 10.0 Å². The summed E-state index contributed by atoms with van der Waals surface area (Å²) >= 11 is 0. The molecule has 0 spiro atoms. The van der Waals surface area contributed by atoms with Crippen molar-refractivity contribution in [3.8, 4) is 5.75 Å². The minimum absolute atomic E-state index is 0.0524. The summed E-state index contributed by atoms with van der Waals surface area (Å²) in [6.45, 7) is 1.62. The molecule has 0 saturated carbocycles. The fraction of sp³-hybridized carbons (Fsp3) is 0.455. The van der Waals surface area contributed by atoms with Crippen molar-refractivity contribution < 1.29 is 13.2 Å². The first-order valence-corrected chi connectivity index (χ1v) is 7.35. The summed E-state index contributed by atoms with van der Waals surface area (Å²) < 4.78 is 30.3. The van der Waals surface area contributed by atoms with Crippen molar-refractivity contribution in [3.63, 3.8) is 0 Å². The highest BCUT2D eigenvalue weighted by atomic mass is 32.2. The van der Waals surface area contributed by atoms with E-state index in [1.807, 2.05) is 24.3 Å². The van der Waals surface area contributed by atoms with Gasteiger partial charge in [0.1, 0.15) is 12.4 Å². The number of para-hydroxylation sites is 1. The molecule has 1 aliphatic heterocycles. The van der Waals surface area contributed by atoms with E-state index in [0.29, 0.717) is 19.7 Å². The van der Waals surface area contributed by atoms with E-state index in [4.69, 9.17) is 4.74 Å². The van der Waals surface area contributed by atoms with E-state index in [9.17, 15) is 8.42 Å². The summed E-state index contributed by atoms with van der Waals surface area (Å²) in [5, 5.41) is 3.26. The van der Waals surface area contributed by atoms with Gasteiger partial charge in [-0.25, -0.2) is 13.1 Å². The molecule has 2 N–H and O–H groups in total. The standard InChI is InChI=1S/C11H16N2O3S/c1-17(14,15)13-8-10-9-4-2-3-5-11(9)16-7-6-12-10/h2-5,10,12-13H,6-8H2,1H3. The number of fused-ring (bicyclic) bond motifs is 1. The molecule has 6 heteroatoms. The molecule has 1 aromatic carbocycles. The fourth-order valence-corrected chi connectivity index (χ4v) is 2.29. The van der Waals surface area contributed by atoms with Crippen LogP contribution in [0.15, 0.2) is 24.3 Å². The molecule has 0 aliphatic carbocycles. The Labute approximate surface area is 101 Å². The van der Waals surface area contributed by atoms with Crippen LogP contribution in [-0.2, 0) is 10.0 Å². The quantitative estimate of drug-likeness (QED) is 0.814. The second-order valence-corrected chi connectivity index (χ2v) is 5.85. The number of sulfonamides is 1. The summed E-state index contributed by atoms with van der Waals surface area (Å²) in [6, 6.07) is 7.62. The minimum atomic E-state index is -3.17. The minimum Gasteiger partial charge on any atom is -0.492 e. The van der Waals surface area contributed by atoms with Gasteiger partial charge < -0.3 is 10.1 Å². The topological polar surface area (TPSA) is 67.4 Å². The Kier molecular flexibility index (Phi) is 3.66. The molecule has 5 nitrogen and oxygen atoms in total. The van der Waals surface area contributed by atoms with Crippen LogP contribution in [0.25, 0.3) is 0 Å². The van der Waals surface area contributed by atoms with E-state index in [-0.39, 0.29) is 6.04 Å². The highest BCUT2D eigenvalue weighted by molar-refractivity contribution is 7.88. The Morgan fingerprint density at radius 2 is 2.24 bits per heavy atom. The van der Waals surface area contributed by atoms with Gasteiger partial charge >= 0.3 is 0 Å². The van der Waals surface area contributed by atoms with Crippen LogP contribution in [0.5, 0.6) is 5.75 Å². The third kappa shape index (κ3) is 3.42. The van der Waals surface area contributed by atoms with Crippen LogP contribution >= 0.6 is 0 Å². The zero-order valence-corrected chi connectivity index (χ0v) is 10.5. The lowest BCUT2D eigenvalue weighted by Crippen LogP contribution is -2.34. The normalized spacial score (nSPS) is 20.2. The van der Waals surface area contributed by atoms with E-state index in [2.05, 4.69) is 10.0 Å². The van der Waals surface area contributed by atoms with Crippen molar-refractivity contribution in [1.29, 1.82) is 0 Å². The Hall–Kier alpha value is -1.11. The summed E-state index contributed by atoms with van der Waals surface area (Å²) in [5.41, 5.74) is 0.987.